The molecule has 0 aliphatic rings. The second-order valence-corrected chi connectivity index (χ2v) is 4.86. The molecule has 20 heavy (non-hydrogen) atoms. The number of hydrogen-bond acceptors (Lipinski definition) is 3. The van der Waals surface area contributed by atoms with Gasteiger partial charge in [0.1, 0.15) is 0 Å². The molecule has 0 radical (unpaired) electrons. The van der Waals surface area contributed by atoms with Gasteiger partial charge in [0.25, 0.3) is 5.91 Å². The molecule has 0 fully saturated rings. The van der Waals surface area contributed by atoms with Crippen LogP contribution >= 0.6 is 11.6 Å². The van der Waals surface area contributed by atoms with Crippen LogP contribution in [-0.2, 0) is 6.54 Å². The van der Waals surface area contributed by atoms with Crippen LogP contribution in [0.4, 0.5) is 0 Å². The Labute approximate surface area is 120 Å². The molecule has 3 rings (SSSR count). The van der Waals surface area contributed by atoms with E-state index in [0.717, 1.165) is 16.5 Å². The maximum atomic E-state index is 11.2. The van der Waals surface area contributed by atoms with Crippen LogP contribution in [0.3, 0.4) is 0 Å². The molecule has 6 heteroatoms. The fraction of sp³-hybridized carbons (Fsp3) is 0.0714. The highest BCUT2D eigenvalue weighted by Crippen LogP contribution is 2.19. The Kier molecular flexibility index (Phi) is 3.12. The molecule has 2 N–H and O–H groups in total. The molecule has 1 amide bonds. The number of fused-ring (bicyclic) bond motifs is 1. The smallest absolute Gasteiger partial charge is 0.284 e. The minimum Gasteiger partial charge on any atom is -0.363 e. The van der Waals surface area contributed by atoms with Crippen molar-refractivity contribution in [2.24, 2.45) is 5.73 Å². The minimum absolute atomic E-state index is 0.245. The normalized spacial score (nSPS) is 10.8. The summed E-state index contributed by atoms with van der Waals surface area (Å²) in [5.41, 5.74) is 7.16. The van der Waals surface area contributed by atoms with E-state index in [4.69, 9.17) is 17.3 Å². The third-order valence-corrected chi connectivity index (χ3v) is 3.21. The molecule has 0 saturated carbocycles. The van der Waals surface area contributed by atoms with Crippen LogP contribution in [0.1, 0.15) is 16.2 Å². The predicted octanol–water partition coefficient (Wildman–Crippen LogP) is 2.23. The van der Waals surface area contributed by atoms with Gasteiger partial charge in [-0.25, -0.2) is 4.98 Å². The summed E-state index contributed by atoms with van der Waals surface area (Å²) in [6.45, 7) is 0.515. The number of benzene rings is 1. The average Bonchev–Trinajstić information content (AvgIpc) is 2.86. The van der Waals surface area contributed by atoms with Crippen molar-refractivity contribution in [3.05, 3.63) is 59.3 Å². The molecular weight excluding hydrogens is 276 g/mol. The van der Waals surface area contributed by atoms with Crippen molar-refractivity contribution < 1.29 is 4.79 Å². The number of amides is 1. The Morgan fingerprint density at radius 2 is 2.15 bits per heavy atom. The number of primary amides is 1. The first-order valence-corrected chi connectivity index (χ1v) is 6.36. The Bertz CT molecular complexity index is 797. The number of imidazole rings is 1. The van der Waals surface area contributed by atoms with Gasteiger partial charge in [-0.2, -0.15) is 0 Å². The van der Waals surface area contributed by atoms with E-state index >= 15 is 0 Å². The first-order chi connectivity index (χ1) is 9.63. The van der Waals surface area contributed by atoms with Crippen molar-refractivity contribution in [3.63, 3.8) is 0 Å². The topological polar surface area (TPSA) is 73.8 Å². The second kappa shape index (κ2) is 4.94. The van der Waals surface area contributed by atoms with E-state index < -0.39 is 5.91 Å². The van der Waals surface area contributed by atoms with Crippen LogP contribution in [0.25, 0.3) is 10.9 Å². The molecule has 2 aromatic heterocycles. The summed E-state index contributed by atoms with van der Waals surface area (Å²) < 4.78 is 1.71. The molecule has 0 aliphatic heterocycles. The highest BCUT2D eigenvalue weighted by atomic mass is 35.5. The lowest BCUT2D eigenvalue weighted by atomic mass is 10.1. The SMILES string of the molecule is NC(=O)c1nccn1Cc1ccc2ncc(Cl)cc2c1. The predicted molar refractivity (Wildman–Crippen MR) is 76.6 cm³/mol. The summed E-state index contributed by atoms with van der Waals surface area (Å²) in [4.78, 5) is 19.4. The minimum atomic E-state index is -0.541. The van der Waals surface area contributed by atoms with E-state index in [0.29, 0.717) is 11.6 Å². The molecule has 0 bridgehead atoms. The highest BCUT2D eigenvalue weighted by molar-refractivity contribution is 6.31. The van der Waals surface area contributed by atoms with E-state index in [-0.39, 0.29) is 5.82 Å². The van der Waals surface area contributed by atoms with Gasteiger partial charge in [-0.1, -0.05) is 17.7 Å². The zero-order valence-electron chi connectivity index (χ0n) is 10.5. The van der Waals surface area contributed by atoms with Gasteiger partial charge in [-0.15, -0.1) is 0 Å². The molecule has 1 aromatic carbocycles. The van der Waals surface area contributed by atoms with Crippen LogP contribution < -0.4 is 5.73 Å². The zero-order valence-corrected chi connectivity index (χ0v) is 11.2. The van der Waals surface area contributed by atoms with Crippen molar-refractivity contribution >= 4 is 28.4 Å². The van der Waals surface area contributed by atoms with Gasteiger partial charge in [0.2, 0.25) is 0 Å². The summed E-state index contributed by atoms with van der Waals surface area (Å²) in [5.74, 6) is -0.296. The second-order valence-electron chi connectivity index (χ2n) is 4.42. The van der Waals surface area contributed by atoms with Crippen molar-refractivity contribution in [2.45, 2.75) is 6.54 Å². The quantitative estimate of drug-likeness (QED) is 0.802. The Balaban J connectivity index is 1.98. The molecule has 2 heterocycles. The lowest BCUT2D eigenvalue weighted by Gasteiger charge is -2.07. The number of nitrogens with two attached hydrogens (primary N) is 1. The van der Waals surface area contributed by atoms with Gasteiger partial charge in [-0.3, -0.25) is 9.78 Å². The molecule has 0 unspecified atom stereocenters. The molecule has 3 aromatic rings. The standard InChI is InChI=1S/C14H11ClN4O/c15-11-6-10-5-9(1-2-12(10)18-7-11)8-19-4-3-17-14(19)13(16)20/h1-7H,8H2,(H2,16,20). The van der Waals surface area contributed by atoms with E-state index in [1.54, 1.807) is 23.2 Å². The van der Waals surface area contributed by atoms with E-state index in [9.17, 15) is 4.79 Å². The van der Waals surface area contributed by atoms with Gasteiger partial charge in [0.15, 0.2) is 5.82 Å². The summed E-state index contributed by atoms with van der Waals surface area (Å²) in [7, 11) is 0. The van der Waals surface area contributed by atoms with Crippen molar-refractivity contribution in [1.29, 1.82) is 0 Å². The molecule has 0 spiro atoms. The number of hydrogen-bond donors (Lipinski definition) is 1. The Hall–Kier alpha value is -2.40. The maximum Gasteiger partial charge on any atom is 0.284 e. The first-order valence-electron chi connectivity index (χ1n) is 5.98. The number of carbonyl (C=O) groups is 1. The van der Waals surface area contributed by atoms with Crippen LogP contribution in [0.5, 0.6) is 0 Å². The molecule has 0 aliphatic carbocycles. The zero-order chi connectivity index (χ0) is 14.1. The maximum absolute atomic E-state index is 11.2. The van der Waals surface area contributed by atoms with Gasteiger partial charge in [0, 0.05) is 30.5 Å². The fourth-order valence-electron chi connectivity index (χ4n) is 2.11. The first kappa shape index (κ1) is 12.6. The average molecular weight is 287 g/mol. The van der Waals surface area contributed by atoms with Gasteiger partial charge < -0.3 is 10.3 Å². The number of pyridine rings is 1. The molecule has 0 saturated heterocycles. The number of carbonyl (C=O) groups excluding carboxylic acids is 1. The third kappa shape index (κ3) is 2.35. The largest absolute Gasteiger partial charge is 0.363 e. The Morgan fingerprint density at radius 3 is 2.95 bits per heavy atom. The molecule has 100 valence electrons. The number of nitrogens with zero attached hydrogens (tertiary/aromatic N) is 3. The summed E-state index contributed by atoms with van der Waals surface area (Å²) in [6, 6.07) is 7.71. The Morgan fingerprint density at radius 1 is 1.30 bits per heavy atom. The van der Waals surface area contributed by atoms with Crippen molar-refractivity contribution in [3.8, 4) is 0 Å². The fourth-order valence-corrected chi connectivity index (χ4v) is 2.28. The van der Waals surface area contributed by atoms with Crippen LogP contribution in [0.15, 0.2) is 42.9 Å². The van der Waals surface area contributed by atoms with Crippen molar-refractivity contribution in [1.82, 2.24) is 14.5 Å². The molecular formula is C14H11ClN4O. The number of halogens is 1. The lowest BCUT2D eigenvalue weighted by Crippen LogP contribution is -2.18. The molecule has 5 nitrogen and oxygen atoms in total. The van der Waals surface area contributed by atoms with Crippen molar-refractivity contribution in [2.75, 3.05) is 0 Å². The van der Waals surface area contributed by atoms with Crippen LogP contribution in [-0.4, -0.2) is 20.4 Å². The summed E-state index contributed by atoms with van der Waals surface area (Å²) in [6.07, 6.45) is 4.89. The summed E-state index contributed by atoms with van der Waals surface area (Å²) >= 11 is 5.94. The summed E-state index contributed by atoms with van der Waals surface area (Å²) in [5, 5.41) is 1.55. The van der Waals surface area contributed by atoms with Gasteiger partial charge in [-0.05, 0) is 23.8 Å². The van der Waals surface area contributed by atoms with Gasteiger partial charge >= 0.3 is 0 Å². The van der Waals surface area contributed by atoms with E-state index in [1.165, 1.54) is 0 Å². The number of rotatable bonds is 3. The highest BCUT2D eigenvalue weighted by Gasteiger charge is 2.09. The van der Waals surface area contributed by atoms with Crippen LogP contribution in [0, 0.1) is 0 Å². The van der Waals surface area contributed by atoms with E-state index in [2.05, 4.69) is 9.97 Å². The third-order valence-electron chi connectivity index (χ3n) is 3.00. The van der Waals surface area contributed by atoms with Gasteiger partial charge in [0.05, 0.1) is 10.5 Å². The van der Waals surface area contributed by atoms with Crippen LogP contribution in [0.2, 0.25) is 5.02 Å². The molecule has 0 atom stereocenters. The number of aromatic nitrogens is 3. The van der Waals surface area contributed by atoms with E-state index in [1.807, 2.05) is 24.3 Å². The lowest BCUT2D eigenvalue weighted by molar-refractivity contribution is 0.0987. The monoisotopic (exact) mass is 286 g/mol.